The van der Waals surface area contributed by atoms with Gasteiger partial charge in [-0.3, -0.25) is 9.78 Å². The molecule has 0 aromatic carbocycles. The highest BCUT2D eigenvalue weighted by atomic mass is 16.5. The molecule has 1 heterocycles. The van der Waals surface area contributed by atoms with Crippen molar-refractivity contribution in [3.8, 4) is 5.88 Å². The van der Waals surface area contributed by atoms with Gasteiger partial charge in [-0.15, -0.1) is 0 Å². The molecular formula is C6H7N2O2+. The molecule has 0 saturated carbocycles. The van der Waals surface area contributed by atoms with E-state index in [-0.39, 0.29) is 13.3 Å². The van der Waals surface area contributed by atoms with E-state index in [1.807, 2.05) is 0 Å². The van der Waals surface area contributed by atoms with Gasteiger partial charge in [-0.2, -0.15) is 0 Å². The molecule has 0 saturated heterocycles. The highest BCUT2D eigenvalue weighted by Crippen LogP contribution is 1.99. The van der Waals surface area contributed by atoms with Crippen LogP contribution in [-0.4, -0.2) is 15.9 Å². The van der Waals surface area contributed by atoms with Gasteiger partial charge in [0, 0.05) is 19.3 Å². The molecule has 0 fully saturated rings. The average molecular weight is 139 g/mol. The molecule has 0 spiro atoms. The lowest BCUT2D eigenvalue weighted by molar-refractivity contribution is -0.132. The van der Waals surface area contributed by atoms with Crippen molar-refractivity contribution in [1.82, 2.24) is 9.97 Å². The third kappa shape index (κ3) is 1.81. The smallest absolute Gasteiger partial charge is 0.406 e. The van der Waals surface area contributed by atoms with Gasteiger partial charge >= 0.3 is 7.40 Å². The average Bonchev–Trinajstić information content (AvgIpc) is 1.88. The van der Waals surface area contributed by atoms with Crippen LogP contribution in [0, 0.1) is 0 Å². The number of rotatable bonds is 1. The fourth-order valence-corrected chi connectivity index (χ4v) is 0.485. The van der Waals surface area contributed by atoms with Crippen LogP contribution >= 0.6 is 0 Å². The third-order valence-corrected chi connectivity index (χ3v) is 0.788. The fourth-order valence-electron chi connectivity index (χ4n) is 0.485. The lowest BCUT2D eigenvalue weighted by Crippen LogP contribution is -2.02. The van der Waals surface area contributed by atoms with Gasteiger partial charge in [-0.05, 0) is 0 Å². The Hall–Kier alpha value is -1.45. The molecule has 52 valence electrons. The van der Waals surface area contributed by atoms with Gasteiger partial charge in [0.15, 0.2) is 0 Å². The number of carbonyl (C=O) groups is 1. The third-order valence-electron chi connectivity index (χ3n) is 0.788. The molecular weight excluding hydrogens is 132 g/mol. The molecule has 1 aromatic rings. The quantitative estimate of drug-likeness (QED) is 0.532. The van der Waals surface area contributed by atoms with Gasteiger partial charge in [0.1, 0.15) is 0 Å². The molecule has 1 aromatic heterocycles. The Morgan fingerprint density at radius 3 is 3.00 bits per heavy atom. The largest absolute Gasteiger partial charge is 1.00 e. The topological polar surface area (TPSA) is 52.1 Å². The van der Waals surface area contributed by atoms with Crippen molar-refractivity contribution in [2.24, 2.45) is 0 Å². The van der Waals surface area contributed by atoms with E-state index in [4.69, 9.17) is 0 Å². The van der Waals surface area contributed by atoms with E-state index < -0.39 is 0 Å². The van der Waals surface area contributed by atoms with E-state index in [9.17, 15) is 4.79 Å². The molecule has 0 aliphatic rings. The number of nitrogens with zero attached hydrogens (tertiary/aromatic N) is 2. The van der Waals surface area contributed by atoms with E-state index in [1.165, 1.54) is 25.5 Å². The highest BCUT2D eigenvalue weighted by Gasteiger charge is 1.95. The Bertz CT molecular complexity index is 227. The second-order valence-corrected chi connectivity index (χ2v) is 1.64. The minimum absolute atomic E-state index is 0. The number of hydrogen-bond acceptors (Lipinski definition) is 4. The van der Waals surface area contributed by atoms with Crippen LogP contribution in [0.2, 0.25) is 0 Å². The van der Waals surface area contributed by atoms with Crippen LogP contribution in [0.1, 0.15) is 8.35 Å². The number of aromatic nitrogens is 2. The Morgan fingerprint density at radius 1 is 1.70 bits per heavy atom. The second-order valence-electron chi connectivity index (χ2n) is 1.64. The van der Waals surface area contributed by atoms with Crippen LogP contribution in [0.4, 0.5) is 0 Å². The van der Waals surface area contributed by atoms with Gasteiger partial charge in [0.25, 0.3) is 0 Å². The van der Waals surface area contributed by atoms with Crippen molar-refractivity contribution in [2.45, 2.75) is 6.92 Å². The van der Waals surface area contributed by atoms with Crippen molar-refractivity contribution >= 4 is 5.97 Å². The zero-order chi connectivity index (χ0) is 7.40. The molecule has 0 amide bonds. The predicted molar refractivity (Wildman–Crippen MR) is 34.5 cm³/mol. The SMILES string of the molecule is CC(=O)Oc1cnccn1.[H+]. The maximum absolute atomic E-state index is 10.3. The minimum Gasteiger partial charge on any atom is -0.406 e. The van der Waals surface area contributed by atoms with E-state index in [1.54, 1.807) is 0 Å². The minimum atomic E-state index is -0.388. The summed E-state index contributed by atoms with van der Waals surface area (Å²) in [5.74, 6) is -0.157. The summed E-state index contributed by atoms with van der Waals surface area (Å²) in [5.41, 5.74) is 0. The lowest BCUT2D eigenvalue weighted by atomic mass is 10.7. The second kappa shape index (κ2) is 2.91. The molecule has 4 nitrogen and oxygen atoms in total. The van der Waals surface area contributed by atoms with Crippen LogP contribution in [0.5, 0.6) is 5.88 Å². The Balaban J connectivity index is 0.000001000. The van der Waals surface area contributed by atoms with E-state index >= 15 is 0 Å². The highest BCUT2D eigenvalue weighted by molar-refractivity contribution is 5.68. The summed E-state index contributed by atoms with van der Waals surface area (Å²) < 4.78 is 4.60. The Kier molecular flexibility index (Phi) is 1.94. The molecule has 0 aliphatic carbocycles. The van der Waals surface area contributed by atoms with E-state index in [0.29, 0.717) is 0 Å². The first-order valence-electron chi connectivity index (χ1n) is 2.73. The Labute approximate surface area is 59.4 Å². The summed E-state index contributed by atoms with van der Waals surface area (Å²) in [5, 5.41) is 0. The number of hydrogen-bond donors (Lipinski definition) is 0. The first kappa shape index (κ1) is 6.67. The van der Waals surface area contributed by atoms with Crippen molar-refractivity contribution in [3.63, 3.8) is 0 Å². The standard InChI is InChI=1S/C6H6N2O2/c1-5(9)10-6-4-7-2-3-8-6/h2-4H,1H3/p+1. The monoisotopic (exact) mass is 139 g/mol. The van der Waals surface area contributed by atoms with Crippen molar-refractivity contribution < 1.29 is 11.0 Å². The molecule has 0 aliphatic heterocycles. The number of ether oxygens (including phenoxy) is 1. The summed E-state index contributed by atoms with van der Waals surface area (Å²) >= 11 is 0. The zero-order valence-corrected chi connectivity index (χ0v) is 5.44. The van der Waals surface area contributed by atoms with Crippen molar-refractivity contribution in [1.29, 1.82) is 0 Å². The van der Waals surface area contributed by atoms with Gasteiger partial charge in [0.2, 0.25) is 5.88 Å². The van der Waals surface area contributed by atoms with E-state index in [2.05, 4.69) is 14.7 Å². The molecule has 4 heteroatoms. The number of esters is 1. The molecule has 10 heavy (non-hydrogen) atoms. The first-order chi connectivity index (χ1) is 4.79. The fraction of sp³-hybridized carbons (Fsp3) is 0.167. The van der Waals surface area contributed by atoms with Crippen LogP contribution in [0.3, 0.4) is 0 Å². The van der Waals surface area contributed by atoms with Gasteiger partial charge in [0.05, 0.1) is 6.20 Å². The van der Waals surface area contributed by atoms with Crippen molar-refractivity contribution in [3.05, 3.63) is 18.6 Å². The molecule has 0 radical (unpaired) electrons. The molecule has 0 unspecified atom stereocenters. The van der Waals surface area contributed by atoms with Gasteiger partial charge in [-0.25, -0.2) is 4.98 Å². The van der Waals surface area contributed by atoms with Gasteiger partial charge < -0.3 is 4.74 Å². The Morgan fingerprint density at radius 2 is 2.50 bits per heavy atom. The summed E-state index contributed by atoms with van der Waals surface area (Å²) in [7, 11) is 0. The molecule has 1 rings (SSSR count). The normalized spacial score (nSPS) is 8.90. The van der Waals surface area contributed by atoms with Gasteiger partial charge in [-0.1, -0.05) is 0 Å². The first-order valence-corrected chi connectivity index (χ1v) is 2.73. The van der Waals surface area contributed by atoms with Crippen LogP contribution in [0.15, 0.2) is 18.6 Å². The van der Waals surface area contributed by atoms with Crippen LogP contribution in [-0.2, 0) is 4.79 Å². The summed E-state index contributed by atoms with van der Waals surface area (Å²) in [4.78, 5) is 17.7. The molecule has 0 bridgehead atoms. The summed E-state index contributed by atoms with van der Waals surface area (Å²) in [6.07, 6.45) is 4.34. The zero-order valence-electron chi connectivity index (χ0n) is 6.44. The molecule has 0 atom stereocenters. The predicted octanol–water partition coefficient (Wildman–Crippen LogP) is 0.514. The van der Waals surface area contributed by atoms with Crippen LogP contribution in [0.25, 0.3) is 0 Å². The molecule has 0 N–H and O–H groups in total. The maximum Gasteiger partial charge on any atom is 1.00 e. The lowest BCUT2D eigenvalue weighted by Gasteiger charge is -1.95. The van der Waals surface area contributed by atoms with E-state index in [0.717, 1.165) is 0 Å². The van der Waals surface area contributed by atoms with Crippen molar-refractivity contribution in [2.75, 3.05) is 0 Å². The maximum atomic E-state index is 10.3. The van der Waals surface area contributed by atoms with Crippen LogP contribution < -0.4 is 4.74 Å². The summed E-state index contributed by atoms with van der Waals surface area (Å²) in [6.45, 7) is 1.31. The number of carbonyl (C=O) groups excluding carboxylic acids is 1. The summed E-state index contributed by atoms with van der Waals surface area (Å²) in [6, 6.07) is 0.